The molecular formula is C17H24N4O2. The first-order chi connectivity index (χ1) is 11.0. The molecule has 0 bridgehead atoms. The molecular weight excluding hydrogens is 292 g/mol. The lowest BCUT2D eigenvalue weighted by Crippen LogP contribution is -2.23. The third-order valence-corrected chi connectivity index (χ3v) is 3.82. The second-order valence-electron chi connectivity index (χ2n) is 6.30. The molecule has 0 spiro atoms. The van der Waals surface area contributed by atoms with E-state index in [4.69, 9.17) is 0 Å². The van der Waals surface area contributed by atoms with Crippen LogP contribution < -0.4 is 5.32 Å². The van der Waals surface area contributed by atoms with Crippen molar-refractivity contribution in [2.75, 3.05) is 6.54 Å². The van der Waals surface area contributed by atoms with Gasteiger partial charge in [0, 0.05) is 37.1 Å². The molecule has 1 aromatic carbocycles. The highest BCUT2D eigenvalue weighted by molar-refractivity contribution is 5.45. The number of aromatic nitrogens is 2. The van der Waals surface area contributed by atoms with Gasteiger partial charge in [-0.05, 0) is 23.9 Å². The van der Waals surface area contributed by atoms with Crippen LogP contribution in [0.4, 0.5) is 5.69 Å². The van der Waals surface area contributed by atoms with E-state index in [2.05, 4.69) is 21.8 Å². The Morgan fingerprint density at radius 3 is 2.74 bits per heavy atom. The van der Waals surface area contributed by atoms with Gasteiger partial charge >= 0.3 is 0 Å². The summed E-state index contributed by atoms with van der Waals surface area (Å²) in [5.74, 6) is 0.599. The van der Waals surface area contributed by atoms with Crippen molar-refractivity contribution in [3.05, 3.63) is 58.2 Å². The number of nitro groups is 1. The zero-order chi connectivity index (χ0) is 16.8. The summed E-state index contributed by atoms with van der Waals surface area (Å²) >= 11 is 0. The van der Waals surface area contributed by atoms with Crippen LogP contribution in [0, 0.1) is 16.0 Å². The molecule has 0 saturated heterocycles. The van der Waals surface area contributed by atoms with E-state index in [0.717, 1.165) is 24.2 Å². The topological polar surface area (TPSA) is 73.0 Å². The van der Waals surface area contributed by atoms with Crippen LogP contribution in [0.15, 0.2) is 36.9 Å². The molecule has 6 nitrogen and oxygen atoms in total. The van der Waals surface area contributed by atoms with Gasteiger partial charge in [0.05, 0.1) is 11.3 Å². The minimum atomic E-state index is -0.291. The SMILES string of the molecule is CC(CNCc1ccc(C(C)C)c([N+](=O)[O-])c1)Cn1ccnc1. The van der Waals surface area contributed by atoms with Crippen LogP contribution in [-0.2, 0) is 13.1 Å². The first kappa shape index (κ1) is 17.1. The molecule has 1 heterocycles. The Bertz CT molecular complexity index is 638. The number of rotatable bonds is 8. The fourth-order valence-corrected chi connectivity index (χ4v) is 2.63. The maximum atomic E-state index is 11.2. The lowest BCUT2D eigenvalue weighted by Gasteiger charge is -2.14. The van der Waals surface area contributed by atoms with Gasteiger partial charge in [0.1, 0.15) is 0 Å². The molecule has 0 aliphatic heterocycles. The third-order valence-electron chi connectivity index (χ3n) is 3.82. The van der Waals surface area contributed by atoms with Gasteiger partial charge in [-0.1, -0.05) is 32.9 Å². The predicted octanol–water partition coefficient (Wildman–Crippen LogP) is 3.34. The van der Waals surface area contributed by atoms with Crippen molar-refractivity contribution in [2.24, 2.45) is 5.92 Å². The summed E-state index contributed by atoms with van der Waals surface area (Å²) in [6.07, 6.45) is 5.53. The Labute approximate surface area is 136 Å². The quantitative estimate of drug-likeness (QED) is 0.599. The van der Waals surface area contributed by atoms with Crippen molar-refractivity contribution in [1.29, 1.82) is 0 Å². The molecule has 1 aromatic heterocycles. The minimum Gasteiger partial charge on any atom is -0.337 e. The summed E-state index contributed by atoms with van der Waals surface area (Å²) in [5.41, 5.74) is 1.94. The number of nitrogens with one attached hydrogen (secondary N) is 1. The normalized spacial score (nSPS) is 12.5. The molecule has 124 valence electrons. The van der Waals surface area contributed by atoms with Gasteiger partial charge in [-0.3, -0.25) is 10.1 Å². The predicted molar refractivity (Wildman–Crippen MR) is 90.3 cm³/mol. The highest BCUT2D eigenvalue weighted by Crippen LogP contribution is 2.27. The third kappa shape index (κ3) is 4.89. The molecule has 1 N–H and O–H groups in total. The second-order valence-corrected chi connectivity index (χ2v) is 6.30. The molecule has 1 unspecified atom stereocenters. The molecule has 23 heavy (non-hydrogen) atoms. The Balaban J connectivity index is 1.90. The highest BCUT2D eigenvalue weighted by atomic mass is 16.6. The molecule has 0 fully saturated rings. The van der Waals surface area contributed by atoms with Gasteiger partial charge in [-0.2, -0.15) is 0 Å². The number of nitro benzene ring substituents is 1. The molecule has 6 heteroatoms. The van der Waals surface area contributed by atoms with Gasteiger partial charge < -0.3 is 9.88 Å². The Morgan fingerprint density at radius 1 is 1.35 bits per heavy atom. The first-order valence-corrected chi connectivity index (χ1v) is 7.91. The number of hydrogen-bond acceptors (Lipinski definition) is 4. The molecule has 0 radical (unpaired) electrons. The zero-order valence-electron chi connectivity index (χ0n) is 13.9. The van der Waals surface area contributed by atoms with E-state index in [1.54, 1.807) is 12.3 Å². The van der Waals surface area contributed by atoms with Crippen LogP contribution >= 0.6 is 0 Å². The van der Waals surface area contributed by atoms with Crippen LogP contribution in [0.2, 0.25) is 0 Å². The van der Waals surface area contributed by atoms with E-state index in [0.29, 0.717) is 12.5 Å². The largest absolute Gasteiger partial charge is 0.337 e. The summed E-state index contributed by atoms with van der Waals surface area (Å²) in [5, 5.41) is 14.6. The van der Waals surface area contributed by atoms with Crippen LogP contribution in [0.3, 0.4) is 0 Å². The van der Waals surface area contributed by atoms with E-state index < -0.39 is 0 Å². The Hall–Kier alpha value is -2.21. The molecule has 2 aromatic rings. The first-order valence-electron chi connectivity index (χ1n) is 7.91. The lowest BCUT2D eigenvalue weighted by molar-refractivity contribution is -0.385. The summed E-state index contributed by atoms with van der Waals surface area (Å²) in [6.45, 7) is 8.48. The van der Waals surface area contributed by atoms with E-state index in [9.17, 15) is 10.1 Å². The number of imidazole rings is 1. The standard InChI is InChI=1S/C17H24N4O2/c1-13(2)16-5-4-15(8-17(16)21(22)23)10-19-9-14(3)11-20-7-6-18-12-20/h4-8,12-14,19H,9-11H2,1-3H3. The second kappa shape index (κ2) is 7.87. The van der Waals surface area contributed by atoms with Crippen LogP contribution in [0.25, 0.3) is 0 Å². The number of nitrogens with zero attached hydrogens (tertiary/aromatic N) is 3. The average molecular weight is 316 g/mol. The maximum absolute atomic E-state index is 11.2. The van der Waals surface area contributed by atoms with Crippen LogP contribution in [-0.4, -0.2) is 21.0 Å². The van der Waals surface area contributed by atoms with Crippen LogP contribution in [0.5, 0.6) is 0 Å². The van der Waals surface area contributed by atoms with E-state index in [1.807, 2.05) is 38.5 Å². The summed E-state index contributed by atoms with van der Waals surface area (Å²) < 4.78 is 2.05. The monoisotopic (exact) mass is 316 g/mol. The Kier molecular flexibility index (Phi) is 5.87. The smallest absolute Gasteiger partial charge is 0.273 e. The molecule has 1 atom stereocenters. The Morgan fingerprint density at radius 2 is 2.13 bits per heavy atom. The minimum absolute atomic E-state index is 0.146. The van der Waals surface area contributed by atoms with Gasteiger partial charge in [0.25, 0.3) is 5.69 Å². The van der Waals surface area contributed by atoms with Gasteiger partial charge in [0.2, 0.25) is 0 Å². The van der Waals surface area contributed by atoms with Crippen molar-refractivity contribution in [3.8, 4) is 0 Å². The molecule has 0 amide bonds. The molecule has 0 saturated carbocycles. The summed E-state index contributed by atoms with van der Waals surface area (Å²) in [7, 11) is 0. The molecule has 0 aliphatic rings. The van der Waals surface area contributed by atoms with Crippen molar-refractivity contribution < 1.29 is 4.92 Å². The van der Waals surface area contributed by atoms with Gasteiger partial charge in [0.15, 0.2) is 0 Å². The van der Waals surface area contributed by atoms with E-state index >= 15 is 0 Å². The zero-order valence-corrected chi connectivity index (χ0v) is 13.9. The summed E-state index contributed by atoms with van der Waals surface area (Å²) in [6, 6.07) is 5.52. The van der Waals surface area contributed by atoms with Gasteiger partial charge in [-0.15, -0.1) is 0 Å². The highest BCUT2D eigenvalue weighted by Gasteiger charge is 2.16. The fraction of sp³-hybridized carbons (Fsp3) is 0.471. The van der Waals surface area contributed by atoms with Crippen molar-refractivity contribution in [1.82, 2.24) is 14.9 Å². The lowest BCUT2D eigenvalue weighted by atomic mass is 9.99. The van der Waals surface area contributed by atoms with Crippen molar-refractivity contribution in [3.63, 3.8) is 0 Å². The van der Waals surface area contributed by atoms with Crippen LogP contribution in [0.1, 0.15) is 37.8 Å². The average Bonchev–Trinajstić information content (AvgIpc) is 2.99. The van der Waals surface area contributed by atoms with Crippen molar-refractivity contribution >= 4 is 5.69 Å². The summed E-state index contributed by atoms with van der Waals surface area (Å²) in [4.78, 5) is 15.0. The van der Waals surface area contributed by atoms with Gasteiger partial charge in [-0.25, -0.2) is 4.98 Å². The number of benzene rings is 1. The van der Waals surface area contributed by atoms with E-state index in [-0.39, 0.29) is 16.5 Å². The number of hydrogen-bond donors (Lipinski definition) is 1. The fourth-order valence-electron chi connectivity index (χ4n) is 2.63. The van der Waals surface area contributed by atoms with E-state index in [1.165, 1.54) is 0 Å². The molecule has 0 aliphatic carbocycles. The maximum Gasteiger partial charge on any atom is 0.273 e. The van der Waals surface area contributed by atoms with Crippen molar-refractivity contribution in [2.45, 2.75) is 39.8 Å². The molecule has 2 rings (SSSR count).